The number of aromatic hydroxyl groups is 5. The van der Waals surface area contributed by atoms with Crippen molar-refractivity contribution >= 4 is 17.6 Å². The van der Waals surface area contributed by atoms with Crippen molar-refractivity contribution in [3.63, 3.8) is 0 Å². The van der Waals surface area contributed by atoms with Gasteiger partial charge in [0.05, 0.1) is 16.7 Å². The number of benzene rings is 4. The molecule has 4 aromatic carbocycles. The Morgan fingerprint density at radius 1 is 0.840 bits per heavy atom. The first-order chi connectivity index (χ1) is 23.7. The number of ether oxygens (including phenoxy) is 2. The Labute approximate surface area is 287 Å². The number of aliphatic hydroxyl groups excluding tert-OH is 1. The van der Waals surface area contributed by atoms with Crippen LogP contribution in [0.3, 0.4) is 0 Å². The number of phenols is 5. The van der Waals surface area contributed by atoms with Crippen LogP contribution < -0.4 is 9.47 Å². The minimum atomic E-state index is -1.68. The van der Waals surface area contributed by atoms with Crippen LogP contribution >= 0.6 is 0 Å². The normalized spacial score (nSPS) is 23.6. The molecule has 0 bridgehead atoms. The van der Waals surface area contributed by atoms with Crippen LogP contribution in [0.4, 0.5) is 0 Å². The van der Waals surface area contributed by atoms with Crippen molar-refractivity contribution in [2.75, 3.05) is 0 Å². The predicted molar refractivity (Wildman–Crippen MR) is 183 cm³/mol. The Morgan fingerprint density at radius 2 is 1.58 bits per heavy atom. The van der Waals surface area contributed by atoms with Gasteiger partial charge in [-0.3, -0.25) is 9.59 Å². The number of rotatable bonds is 5. The fourth-order valence-electron chi connectivity index (χ4n) is 7.37. The summed E-state index contributed by atoms with van der Waals surface area (Å²) in [5.74, 6) is -3.82. The van der Waals surface area contributed by atoms with E-state index in [9.17, 15) is 40.2 Å². The molecule has 10 nitrogen and oxygen atoms in total. The first-order valence-corrected chi connectivity index (χ1v) is 16.2. The molecule has 0 unspecified atom stereocenters. The van der Waals surface area contributed by atoms with Crippen molar-refractivity contribution < 1.29 is 49.7 Å². The van der Waals surface area contributed by atoms with Crippen LogP contribution in [-0.2, 0) is 0 Å². The van der Waals surface area contributed by atoms with Gasteiger partial charge >= 0.3 is 0 Å². The molecule has 6 N–H and O–H groups in total. The topological polar surface area (TPSA) is 174 Å². The van der Waals surface area contributed by atoms with Gasteiger partial charge < -0.3 is 40.1 Å². The summed E-state index contributed by atoms with van der Waals surface area (Å²) in [6.45, 7) is 5.65. The Morgan fingerprint density at radius 3 is 2.34 bits per heavy atom. The highest BCUT2D eigenvalue weighted by Gasteiger charge is 2.43. The van der Waals surface area contributed by atoms with Gasteiger partial charge in [-0.05, 0) is 92.9 Å². The molecule has 0 aromatic heterocycles. The molecule has 2 aliphatic heterocycles. The highest BCUT2D eigenvalue weighted by molar-refractivity contribution is 6.04. The summed E-state index contributed by atoms with van der Waals surface area (Å²) in [6.07, 6.45) is 2.79. The molecule has 0 spiro atoms. The third-order valence-electron chi connectivity index (χ3n) is 9.79. The highest BCUT2D eigenvalue weighted by Crippen LogP contribution is 2.51. The lowest BCUT2D eigenvalue weighted by Gasteiger charge is -2.38. The molecule has 0 amide bonds. The van der Waals surface area contributed by atoms with Gasteiger partial charge in [-0.1, -0.05) is 23.8 Å². The molecule has 0 fully saturated rings. The summed E-state index contributed by atoms with van der Waals surface area (Å²) in [5, 5.41) is 64.7. The lowest BCUT2D eigenvalue weighted by Crippen LogP contribution is -2.36. The smallest absolute Gasteiger partial charge is 0.199 e. The number of phenolic OH excluding ortho intramolecular Hbond substituents is 5. The number of carbonyl (C=O) groups excluding carboxylic acids is 2. The van der Waals surface area contributed by atoms with Gasteiger partial charge in [0.25, 0.3) is 0 Å². The Hall–Kier alpha value is -5.74. The number of Topliss-reactive ketones (excluding diaryl/α,β-unsaturated/α-hetero) is 2. The average molecular weight is 677 g/mol. The van der Waals surface area contributed by atoms with Gasteiger partial charge in [-0.15, -0.1) is 0 Å². The molecular weight excluding hydrogens is 640 g/mol. The third kappa shape index (κ3) is 5.61. The quantitative estimate of drug-likeness (QED) is 0.0975. The van der Waals surface area contributed by atoms with Crippen molar-refractivity contribution in [1.29, 1.82) is 0 Å². The molecule has 4 aromatic rings. The molecule has 256 valence electrons. The van der Waals surface area contributed by atoms with E-state index in [2.05, 4.69) is 0 Å². The summed E-state index contributed by atoms with van der Waals surface area (Å²) < 4.78 is 12.0. The molecule has 0 saturated carbocycles. The standard InChI is InChI=1S/C40H36O10/c1-19-14-27(20-4-10-30(43)29(16-20)39-38(48)37(47)24-8-6-22(42)18-33(24)49-39)34(28(15-19)23-7-5-21(41)17-31(23)44)36(46)26-9-11-32-25(35(26)45)12-13-40(2,3)50-32/h4-14,16-18,27-28,34,38-39,41-45,48H,15H2,1-3H3/t27-,28-,34+,38+,39+/m0/s1. The highest BCUT2D eigenvalue weighted by atomic mass is 16.5. The van der Waals surface area contributed by atoms with E-state index in [1.165, 1.54) is 42.5 Å². The average Bonchev–Trinajstić information content (AvgIpc) is 3.05. The van der Waals surface area contributed by atoms with Gasteiger partial charge in [0.2, 0.25) is 0 Å². The summed E-state index contributed by atoms with van der Waals surface area (Å²) in [6, 6.07) is 15.9. The minimum Gasteiger partial charge on any atom is -0.508 e. The Kier molecular flexibility index (Phi) is 7.87. The minimum absolute atomic E-state index is 0.0451. The van der Waals surface area contributed by atoms with E-state index >= 15 is 0 Å². The van der Waals surface area contributed by atoms with Crippen molar-refractivity contribution in [3.05, 3.63) is 118 Å². The molecule has 0 radical (unpaired) electrons. The van der Waals surface area contributed by atoms with Crippen LogP contribution in [0.15, 0.2) is 84.5 Å². The summed E-state index contributed by atoms with van der Waals surface area (Å²) >= 11 is 0. The van der Waals surface area contributed by atoms with Crippen molar-refractivity contribution in [3.8, 4) is 40.2 Å². The second kappa shape index (κ2) is 12.0. The van der Waals surface area contributed by atoms with Crippen LogP contribution in [0, 0.1) is 5.92 Å². The lowest BCUT2D eigenvalue weighted by atomic mass is 9.65. The fourth-order valence-corrected chi connectivity index (χ4v) is 7.37. The van der Waals surface area contributed by atoms with Crippen molar-refractivity contribution in [2.45, 2.75) is 56.8 Å². The number of hydrogen-bond acceptors (Lipinski definition) is 10. The van der Waals surface area contributed by atoms with E-state index in [-0.39, 0.29) is 51.2 Å². The van der Waals surface area contributed by atoms with Crippen LogP contribution in [0.25, 0.3) is 6.08 Å². The number of ketones is 2. The third-order valence-corrected chi connectivity index (χ3v) is 9.79. The number of aliphatic hydroxyl groups is 1. The van der Waals surface area contributed by atoms with Gasteiger partial charge in [0.15, 0.2) is 23.8 Å². The summed E-state index contributed by atoms with van der Waals surface area (Å²) in [7, 11) is 0. The molecule has 0 saturated heterocycles. The summed E-state index contributed by atoms with van der Waals surface area (Å²) in [4.78, 5) is 28.0. The SMILES string of the molecule is CC1=C[C@@H](c2ccc(O)c([C@H]3Oc4cc(O)ccc4C(=O)[C@H]3O)c2)[C@@H](C(=O)c2ccc3c(c2O)C=CC(C)(C)O3)[C@H](c2ccc(O)cc2O)C1. The molecular formula is C40H36O10. The monoisotopic (exact) mass is 676 g/mol. The van der Waals surface area contributed by atoms with Crippen molar-refractivity contribution in [2.24, 2.45) is 5.92 Å². The van der Waals surface area contributed by atoms with E-state index in [1.807, 2.05) is 26.8 Å². The van der Waals surface area contributed by atoms with E-state index < -0.39 is 47.1 Å². The number of allylic oxidation sites excluding steroid dienone is 2. The van der Waals surface area contributed by atoms with E-state index in [0.29, 0.717) is 28.9 Å². The van der Waals surface area contributed by atoms with Crippen LogP contribution in [0.2, 0.25) is 0 Å². The number of carbonyl (C=O) groups is 2. The maximum Gasteiger partial charge on any atom is 0.199 e. The number of hydrogen-bond donors (Lipinski definition) is 6. The van der Waals surface area contributed by atoms with Gasteiger partial charge in [0, 0.05) is 35.4 Å². The molecule has 5 atom stereocenters. The molecule has 50 heavy (non-hydrogen) atoms. The van der Waals surface area contributed by atoms with E-state index in [4.69, 9.17) is 9.47 Å². The largest absolute Gasteiger partial charge is 0.508 e. The zero-order valence-corrected chi connectivity index (χ0v) is 27.5. The molecule has 10 heteroatoms. The lowest BCUT2D eigenvalue weighted by molar-refractivity contribution is 0.0207. The van der Waals surface area contributed by atoms with E-state index in [0.717, 1.165) is 5.57 Å². The van der Waals surface area contributed by atoms with E-state index in [1.54, 1.807) is 36.4 Å². The maximum absolute atomic E-state index is 14.8. The van der Waals surface area contributed by atoms with Crippen LogP contribution in [0.1, 0.15) is 88.1 Å². The first-order valence-electron chi connectivity index (χ1n) is 16.2. The van der Waals surface area contributed by atoms with Gasteiger partial charge in [-0.25, -0.2) is 0 Å². The van der Waals surface area contributed by atoms with Gasteiger partial charge in [-0.2, -0.15) is 0 Å². The molecule has 7 rings (SSSR count). The maximum atomic E-state index is 14.8. The second-order valence-electron chi connectivity index (χ2n) is 13.7. The van der Waals surface area contributed by atoms with Crippen LogP contribution in [0.5, 0.6) is 40.2 Å². The predicted octanol–water partition coefficient (Wildman–Crippen LogP) is 6.79. The van der Waals surface area contributed by atoms with Gasteiger partial charge in [0.1, 0.15) is 45.8 Å². The second-order valence-corrected chi connectivity index (χ2v) is 13.7. The number of fused-ring (bicyclic) bond motifs is 2. The zero-order valence-electron chi connectivity index (χ0n) is 27.5. The molecule has 2 heterocycles. The van der Waals surface area contributed by atoms with Crippen molar-refractivity contribution in [1.82, 2.24) is 0 Å². The Bertz CT molecular complexity index is 2130. The molecule has 3 aliphatic rings. The summed E-state index contributed by atoms with van der Waals surface area (Å²) in [5.41, 5.74) is 1.84. The fraction of sp³-hybridized carbons (Fsp3) is 0.250. The van der Waals surface area contributed by atoms with Crippen LogP contribution in [-0.4, -0.2) is 53.9 Å². The zero-order chi connectivity index (χ0) is 35.6. The Balaban J connectivity index is 1.36. The molecule has 1 aliphatic carbocycles. The first kappa shape index (κ1) is 32.8.